The second-order valence-electron chi connectivity index (χ2n) is 6.67. The Morgan fingerprint density at radius 3 is 1.96 bits per heavy atom. The molecule has 0 aliphatic rings. The number of carbonyl (C=O) groups is 3. The zero-order valence-electron chi connectivity index (χ0n) is 17.4. The predicted octanol–water partition coefficient (Wildman–Crippen LogP) is 3.68. The summed E-state index contributed by atoms with van der Waals surface area (Å²) in [6, 6.07) is -0.378. The third kappa shape index (κ3) is 18.9. The van der Waals surface area contributed by atoms with E-state index in [2.05, 4.69) is 10.6 Å². The number of aliphatic carboxylic acids is 1. The van der Waals surface area contributed by atoms with Crippen molar-refractivity contribution in [2.75, 3.05) is 6.54 Å². The van der Waals surface area contributed by atoms with Crippen LogP contribution in [0.1, 0.15) is 92.4 Å². The number of amides is 1. The van der Waals surface area contributed by atoms with Crippen molar-refractivity contribution in [3.8, 4) is 0 Å². The van der Waals surface area contributed by atoms with Gasteiger partial charge in [0.25, 0.3) is 0 Å². The number of nitrogens with one attached hydrogen (secondary N) is 2. The molecule has 0 aromatic heterocycles. The lowest BCUT2D eigenvalue weighted by molar-refractivity contribution is -0.140. The molecule has 0 aromatic carbocycles. The van der Waals surface area contributed by atoms with Crippen molar-refractivity contribution in [1.82, 2.24) is 10.6 Å². The Hall–Kier alpha value is -1.43. The Balaban J connectivity index is 0. The maximum atomic E-state index is 11.7. The van der Waals surface area contributed by atoms with Crippen LogP contribution in [-0.2, 0) is 14.4 Å². The fraction of sp³-hybridized carbons (Fsp3) is 0.850. The molecule has 0 fully saturated rings. The molecule has 0 saturated heterocycles. The molecule has 0 aromatic rings. The summed E-state index contributed by atoms with van der Waals surface area (Å²) in [6.07, 6.45) is 7.00. The van der Waals surface area contributed by atoms with Gasteiger partial charge < -0.3 is 20.5 Å². The maximum absolute atomic E-state index is 11.7. The summed E-state index contributed by atoms with van der Waals surface area (Å²) in [4.78, 5) is 33.5. The van der Waals surface area contributed by atoms with Crippen LogP contribution in [0.3, 0.4) is 0 Å². The van der Waals surface area contributed by atoms with Crippen LogP contribution < -0.4 is 10.6 Å². The highest BCUT2D eigenvalue weighted by atomic mass is 16.4. The number of carboxylic acids is 1. The summed E-state index contributed by atoms with van der Waals surface area (Å²) in [7, 11) is 0. The average molecular weight is 373 g/mol. The molecule has 6 heteroatoms. The second kappa shape index (κ2) is 18.4. The van der Waals surface area contributed by atoms with Gasteiger partial charge in [0.2, 0.25) is 5.91 Å². The Morgan fingerprint density at radius 2 is 1.46 bits per heavy atom. The monoisotopic (exact) mass is 372 g/mol. The normalized spacial score (nSPS) is 11.5. The van der Waals surface area contributed by atoms with Crippen LogP contribution in [0.4, 0.5) is 0 Å². The number of Topliss-reactive ketones (excluding diaryl/α,β-unsaturated/α-hetero) is 1. The molecule has 0 aliphatic heterocycles. The van der Waals surface area contributed by atoms with E-state index < -0.39 is 12.0 Å². The average Bonchev–Trinajstić information content (AvgIpc) is 2.57. The number of hydrogen-bond donors (Lipinski definition) is 3. The molecule has 0 radical (unpaired) electrons. The highest BCUT2D eigenvalue weighted by molar-refractivity contribution is 5.76. The molecular formula is C20H40N2O4. The van der Waals surface area contributed by atoms with Crippen LogP contribution in [0.25, 0.3) is 0 Å². The first-order valence-electron chi connectivity index (χ1n) is 10.1. The van der Waals surface area contributed by atoms with E-state index in [0.717, 1.165) is 38.5 Å². The Bertz CT molecular complexity index is 384. The molecule has 26 heavy (non-hydrogen) atoms. The maximum Gasteiger partial charge on any atom is 0.320 e. The minimum Gasteiger partial charge on any atom is -0.480 e. The summed E-state index contributed by atoms with van der Waals surface area (Å²) in [5.74, 6) is -0.546. The first kappa shape index (κ1) is 26.8. The molecule has 154 valence electrons. The fourth-order valence-electron chi connectivity index (χ4n) is 2.48. The number of hydrogen-bond acceptors (Lipinski definition) is 4. The first-order chi connectivity index (χ1) is 12.3. The molecule has 3 N–H and O–H groups in total. The van der Waals surface area contributed by atoms with E-state index in [1.54, 1.807) is 6.92 Å². The highest BCUT2D eigenvalue weighted by Gasteiger charge is 2.17. The van der Waals surface area contributed by atoms with Gasteiger partial charge in [-0.2, -0.15) is 0 Å². The molecule has 0 spiro atoms. The molecule has 0 saturated carbocycles. The van der Waals surface area contributed by atoms with Gasteiger partial charge in [-0.3, -0.25) is 9.59 Å². The molecular weight excluding hydrogens is 332 g/mol. The van der Waals surface area contributed by atoms with Crippen molar-refractivity contribution in [3.05, 3.63) is 0 Å². The van der Waals surface area contributed by atoms with Gasteiger partial charge >= 0.3 is 5.97 Å². The second-order valence-corrected chi connectivity index (χ2v) is 6.67. The van der Waals surface area contributed by atoms with Gasteiger partial charge in [-0.1, -0.05) is 40.5 Å². The van der Waals surface area contributed by atoms with E-state index in [-0.39, 0.29) is 17.7 Å². The van der Waals surface area contributed by atoms with Crippen LogP contribution in [0, 0.1) is 0 Å². The van der Waals surface area contributed by atoms with Gasteiger partial charge in [0.1, 0.15) is 11.8 Å². The van der Waals surface area contributed by atoms with Crippen molar-refractivity contribution >= 4 is 17.7 Å². The van der Waals surface area contributed by atoms with Crippen molar-refractivity contribution in [2.24, 2.45) is 0 Å². The molecule has 6 nitrogen and oxygen atoms in total. The lowest BCUT2D eigenvalue weighted by Gasteiger charge is -2.17. The SMILES string of the molecule is CC.CC(=O)CCCCCCC(=O)NCCCCC(NC(C)C)C(=O)O. The summed E-state index contributed by atoms with van der Waals surface area (Å²) in [5.41, 5.74) is 0. The Labute approximate surface area is 159 Å². The lowest BCUT2D eigenvalue weighted by Crippen LogP contribution is -2.40. The van der Waals surface area contributed by atoms with E-state index in [0.29, 0.717) is 25.8 Å². The topological polar surface area (TPSA) is 95.5 Å². The van der Waals surface area contributed by atoms with Crippen LogP contribution in [0.2, 0.25) is 0 Å². The molecule has 1 atom stereocenters. The highest BCUT2D eigenvalue weighted by Crippen LogP contribution is 2.06. The van der Waals surface area contributed by atoms with Crippen LogP contribution >= 0.6 is 0 Å². The molecule has 0 heterocycles. The Morgan fingerprint density at radius 1 is 0.885 bits per heavy atom. The van der Waals surface area contributed by atoms with E-state index in [9.17, 15) is 14.4 Å². The Kier molecular flexibility index (Phi) is 18.9. The van der Waals surface area contributed by atoms with Gasteiger partial charge in [0, 0.05) is 25.4 Å². The molecule has 1 unspecified atom stereocenters. The number of ketones is 1. The van der Waals surface area contributed by atoms with Gasteiger partial charge in [-0.25, -0.2) is 0 Å². The third-order valence-corrected chi connectivity index (χ3v) is 3.76. The molecule has 0 rings (SSSR count). The van der Waals surface area contributed by atoms with Gasteiger partial charge in [-0.05, 0) is 39.0 Å². The van der Waals surface area contributed by atoms with Gasteiger partial charge in [0.15, 0.2) is 0 Å². The zero-order valence-corrected chi connectivity index (χ0v) is 17.4. The van der Waals surface area contributed by atoms with Crippen molar-refractivity contribution in [1.29, 1.82) is 0 Å². The molecule has 1 amide bonds. The first-order valence-corrected chi connectivity index (χ1v) is 10.1. The van der Waals surface area contributed by atoms with E-state index in [4.69, 9.17) is 5.11 Å². The van der Waals surface area contributed by atoms with Crippen molar-refractivity contribution < 1.29 is 19.5 Å². The minimum atomic E-state index is -0.822. The zero-order chi connectivity index (χ0) is 20.4. The summed E-state index contributed by atoms with van der Waals surface area (Å²) >= 11 is 0. The van der Waals surface area contributed by atoms with E-state index in [1.165, 1.54) is 0 Å². The van der Waals surface area contributed by atoms with Crippen LogP contribution in [-0.4, -0.2) is 41.4 Å². The van der Waals surface area contributed by atoms with Gasteiger partial charge in [-0.15, -0.1) is 0 Å². The number of unbranched alkanes of at least 4 members (excludes halogenated alkanes) is 4. The predicted molar refractivity (Wildman–Crippen MR) is 106 cm³/mol. The van der Waals surface area contributed by atoms with Gasteiger partial charge in [0.05, 0.1) is 0 Å². The quantitative estimate of drug-likeness (QED) is 0.381. The third-order valence-electron chi connectivity index (χ3n) is 3.76. The van der Waals surface area contributed by atoms with Crippen molar-refractivity contribution in [2.45, 2.75) is 104 Å². The number of carbonyl (C=O) groups excluding carboxylic acids is 2. The number of rotatable bonds is 15. The largest absolute Gasteiger partial charge is 0.480 e. The van der Waals surface area contributed by atoms with E-state index in [1.807, 2.05) is 27.7 Å². The van der Waals surface area contributed by atoms with E-state index >= 15 is 0 Å². The van der Waals surface area contributed by atoms with Crippen LogP contribution in [0.15, 0.2) is 0 Å². The summed E-state index contributed by atoms with van der Waals surface area (Å²) < 4.78 is 0. The van der Waals surface area contributed by atoms with Crippen LogP contribution in [0.5, 0.6) is 0 Å². The fourth-order valence-corrected chi connectivity index (χ4v) is 2.48. The smallest absolute Gasteiger partial charge is 0.320 e. The molecule has 0 bridgehead atoms. The summed E-state index contributed by atoms with van der Waals surface area (Å²) in [6.45, 7) is 10.1. The summed E-state index contributed by atoms with van der Waals surface area (Å²) in [5, 5.41) is 15.0. The standard InChI is InChI=1S/C18H34N2O4.C2H6/c1-14(2)20-16(18(23)24)11-8-9-13-19-17(22)12-7-5-4-6-10-15(3)21;1-2/h14,16,20H,4-13H2,1-3H3,(H,19,22)(H,23,24);1-2H3. The molecule has 0 aliphatic carbocycles. The van der Waals surface area contributed by atoms with Crippen molar-refractivity contribution in [3.63, 3.8) is 0 Å². The minimum absolute atomic E-state index is 0.0525. The number of carboxylic acid groups (broad SMARTS) is 1. The lowest BCUT2D eigenvalue weighted by atomic mass is 10.1.